The van der Waals surface area contributed by atoms with Gasteiger partial charge in [0.25, 0.3) is 0 Å². The van der Waals surface area contributed by atoms with E-state index in [0.29, 0.717) is 6.04 Å². The number of nitrogens with one attached hydrogen (secondary N) is 2. The molecule has 0 saturated heterocycles. The number of rotatable bonds is 8. The highest BCUT2D eigenvalue weighted by atomic mass is 16.5. The summed E-state index contributed by atoms with van der Waals surface area (Å²) in [6.07, 6.45) is 3.70. The molecule has 5 heteroatoms. The molecule has 0 aromatic heterocycles. The number of nitrogens with zero attached hydrogens (tertiary/aromatic N) is 2. The molecule has 1 aliphatic carbocycles. The monoisotopic (exact) mass is 256 g/mol. The van der Waals surface area contributed by atoms with Crippen molar-refractivity contribution in [2.24, 2.45) is 4.99 Å². The van der Waals surface area contributed by atoms with Crippen LogP contribution in [0.2, 0.25) is 0 Å². The maximum atomic E-state index is 5.01. The molecule has 2 N–H and O–H groups in total. The van der Waals surface area contributed by atoms with Gasteiger partial charge in [0.1, 0.15) is 0 Å². The van der Waals surface area contributed by atoms with Crippen LogP contribution in [-0.4, -0.2) is 63.8 Å². The molecule has 5 nitrogen and oxygen atoms in total. The van der Waals surface area contributed by atoms with E-state index in [4.69, 9.17) is 4.74 Å². The fourth-order valence-corrected chi connectivity index (χ4v) is 1.87. The number of aliphatic imine (C=N–C) groups is 1. The van der Waals surface area contributed by atoms with Crippen molar-refractivity contribution in [1.82, 2.24) is 15.5 Å². The summed E-state index contributed by atoms with van der Waals surface area (Å²) >= 11 is 0. The second-order valence-corrected chi connectivity index (χ2v) is 4.97. The molecule has 1 saturated carbocycles. The fourth-order valence-electron chi connectivity index (χ4n) is 1.87. The first-order valence-electron chi connectivity index (χ1n) is 6.84. The molecule has 18 heavy (non-hydrogen) atoms. The van der Waals surface area contributed by atoms with Gasteiger partial charge in [-0.05, 0) is 33.2 Å². The first-order valence-corrected chi connectivity index (χ1v) is 6.84. The van der Waals surface area contributed by atoms with Crippen LogP contribution in [0.25, 0.3) is 0 Å². The molecule has 106 valence electrons. The number of hydrogen-bond donors (Lipinski definition) is 2. The van der Waals surface area contributed by atoms with Crippen molar-refractivity contribution in [2.45, 2.75) is 38.3 Å². The van der Waals surface area contributed by atoms with Gasteiger partial charge in [0, 0.05) is 45.9 Å². The average Bonchev–Trinajstić information content (AvgIpc) is 3.21. The minimum atomic E-state index is 0.537. The highest BCUT2D eigenvalue weighted by molar-refractivity contribution is 5.79. The first-order chi connectivity index (χ1) is 8.69. The first kappa shape index (κ1) is 15.2. The Morgan fingerprint density at radius 2 is 2.17 bits per heavy atom. The molecule has 0 amide bonds. The lowest BCUT2D eigenvalue weighted by molar-refractivity contribution is 0.195. The van der Waals surface area contributed by atoms with Crippen LogP contribution >= 0.6 is 0 Å². The smallest absolute Gasteiger partial charge is 0.191 e. The Bertz CT molecular complexity index is 253. The summed E-state index contributed by atoms with van der Waals surface area (Å²) in [5.41, 5.74) is 0. The van der Waals surface area contributed by atoms with Crippen molar-refractivity contribution in [1.29, 1.82) is 0 Å². The van der Waals surface area contributed by atoms with Crippen LogP contribution in [0.3, 0.4) is 0 Å². The van der Waals surface area contributed by atoms with Crippen molar-refractivity contribution >= 4 is 5.96 Å². The van der Waals surface area contributed by atoms with Crippen LogP contribution in [0, 0.1) is 0 Å². The molecule has 0 bridgehead atoms. The lowest BCUT2D eigenvalue weighted by Gasteiger charge is -2.25. The number of methoxy groups -OCH3 is 1. The topological polar surface area (TPSA) is 48.9 Å². The van der Waals surface area contributed by atoms with E-state index >= 15 is 0 Å². The van der Waals surface area contributed by atoms with E-state index in [1.807, 2.05) is 0 Å². The Morgan fingerprint density at radius 1 is 1.44 bits per heavy atom. The summed E-state index contributed by atoms with van der Waals surface area (Å²) in [4.78, 5) is 6.66. The van der Waals surface area contributed by atoms with Gasteiger partial charge in [0.15, 0.2) is 5.96 Å². The van der Waals surface area contributed by atoms with Crippen molar-refractivity contribution in [3.8, 4) is 0 Å². The predicted octanol–water partition coefficient (Wildman–Crippen LogP) is 0.671. The summed E-state index contributed by atoms with van der Waals surface area (Å²) in [7, 11) is 5.74. The van der Waals surface area contributed by atoms with Crippen LogP contribution in [0.15, 0.2) is 4.99 Å². The summed E-state index contributed by atoms with van der Waals surface area (Å²) in [5.74, 6) is 0.877. The summed E-state index contributed by atoms with van der Waals surface area (Å²) in [6, 6.07) is 1.34. The van der Waals surface area contributed by atoms with Gasteiger partial charge in [-0.25, -0.2) is 0 Å². The van der Waals surface area contributed by atoms with Gasteiger partial charge < -0.3 is 15.4 Å². The van der Waals surface area contributed by atoms with Gasteiger partial charge >= 0.3 is 0 Å². The van der Waals surface area contributed by atoms with Crippen molar-refractivity contribution < 1.29 is 4.74 Å². The van der Waals surface area contributed by atoms with E-state index in [1.165, 1.54) is 12.8 Å². The quantitative estimate of drug-likeness (QED) is 0.381. The fraction of sp³-hybridized carbons (Fsp3) is 0.923. The van der Waals surface area contributed by atoms with E-state index in [2.05, 4.69) is 34.5 Å². The third kappa shape index (κ3) is 5.69. The standard InChI is InChI=1S/C13H28N4O/c1-11(17(3)12-6-7-12)10-16-13(14-2)15-8-5-9-18-4/h11-12H,5-10H2,1-4H3,(H2,14,15,16)/t11-/m1/s1. The van der Waals surface area contributed by atoms with Gasteiger partial charge in [-0.1, -0.05) is 0 Å². The molecule has 0 heterocycles. The second kappa shape index (κ2) is 8.32. The molecule has 0 unspecified atom stereocenters. The van der Waals surface area contributed by atoms with E-state index in [9.17, 15) is 0 Å². The highest BCUT2D eigenvalue weighted by Gasteiger charge is 2.28. The van der Waals surface area contributed by atoms with Crippen LogP contribution in [0.1, 0.15) is 26.2 Å². The summed E-state index contributed by atoms with van der Waals surface area (Å²) in [5, 5.41) is 6.65. The minimum absolute atomic E-state index is 0.537. The maximum absolute atomic E-state index is 5.01. The molecule has 1 aliphatic rings. The molecule has 0 aromatic carbocycles. The average molecular weight is 256 g/mol. The van der Waals surface area contributed by atoms with Crippen LogP contribution < -0.4 is 10.6 Å². The summed E-state index contributed by atoms with van der Waals surface area (Å²) < 4.78 is 5.01. The van der Waals surface area contributed by atoms with Gasteiger partial charge in [-0.2, -0.15) is 0 Å². The largest absolute Gasteiger partial charge is 0.385 e. The lowest BCUT2D eigenvalue weighted by Crippen LogP contribution is -2.45. The molecule has 0 radical (unpaired) electrons. The third-order valence-electron chi connectivity index (χ3n) is 3.42. The third-order valence-corrected chi connectivity index (χ3v) is 3.42. The predicted molar refractivity (Wildman–Crippen MR) is 76.1 cm³/mol. The Morgan fingerprint density at radius 3 is 2.72 bits per heavy atom. The normalized spacial score (nSPS) is 17.9. The number of guanidine groups is 1. The Kier molecular flexibility index (Phi) is 7.05. The minimum Gasteiger partial charge on any atom is -0.385 e. The molecule has 1 atom stereocenters. The van der Waals surface area contributed by atoms with Crippen LogP contribution in [0.4, 0.5) is 0 Å². The van der Waals surface area contributed by atoms with Crippen LogP contribution in [0.5, 0.6) is 0 Å². The zero-order valence-electron chi connectivity index (χ0n) is 12.2. The number of ether oxygens (including phenoxy) is 1. The molecule has 1 rings (SSSR count). The zero-order chi connectivity index (χ0) is 13.4. The van der Waals surface area contributed by atoms with Gasteiger partial charge in [-0.3, -0.25) is 9.89 Å². The SMILES string of the molecule is CN=C(NCCCOC)NC[C@@H](C)N(C)C1CC1. The van der Waals surface area contributed by atoms with E-state index in [1.54, 1.807) is 14.2 Å². The number of likely N-dealkylation sites (N-methyl/N-ethyl adjacent to an activating group) is 1. The van der Waals surface area contributed by atoms with Gasteiger partial charge in [0.2, 0.25) is 0 Å². The van der Waals surface area contributed by atoms with Crippen molar-refractivity contribution in [2.75, 3.05) is 40.9 Å². The lowest BCUT2D eigenvalue weighted by atomic mass is 10.3. The van der Waals surface area contributed by atoms with E-state index in [-0.39, 0.29) is 0 Å². The molecular weight excluding hydrogens is 228 g/mol. The maximum Gasteiger partial charge on any atom is 0.191 e. The molecule has 0 aromatic rings. The van der Waals surface area contributed by atoms with Crippen molar-refractivity contribution in [3.63, 3.8) is 0 Å². The zero-order valence-corrected chi connectivity index (χ0v) is 12.2. The van der Waals surface area contributed by atoms with E-state index < -0.39 is 0 Å². The molecule has 1 fully saturated rings. The van der Waals surface area contributed by atoms with Gasteiger partial charge in [0.05, 0.1) is 0 Å². The Hall–Kier alpha value is -0.810. The summed E-state index contributed by atoms with van der Waals surface area (Å²) in [6.45, 7) is 4.85. The number of hydrogen-bond acceptors (Lipinski definition) is 3. The molecular formula is C13H28N4O. The second-order valence-electron chi connectivity index (χ2n) is 4.97. The van der Waals surface area contributed by atoms with E-state index in [0.717, 1.165) is 38.1 Å². The van der Waals surface area contributed by atoms with Gasteiger partial charge in [-0.15, -0.1) is 0 Å². The molecule has 0 spiro atoms. The Balaban J connectivity index is 2.14. The van der Waals surface area contributed by atoms with Crippen LogP contribution in [-0.2, 0) is 4.74 Å². The Labute approximate surface area is 111 Å². The van der Waals surface area contributed by atoms with Crippen molar-refractivity contribution in [3.05, 3.63) is 0 Å². The molecule has 0 aliphatic heterocycles. The highest BCUT2D eigenvalue weighted by Crippen LogP contribution is 2.26.